The van der Waals surface area contributed by atoms with E-state index in [-0.39, 0.29) is 17.6 Å². The molecule has 2 heterocycles. The monoisotopic (exact) mass is 507 g/mol. The Morgan fingerprint density at radius 1 is 1.19 bits per heavy atom. The van der Waals surface area contributed by atoms with Gasteiger partial charge in [0.25, 0.3) is 5.56 Å². The van der Waals surface area contributed by atoms with Crippen LogP contribution in [0.1, 0.15) is 47.7 Å². The van der Waals surface area contributed by atoms with Crippen LogP contribution in [-0.4, -0.2) is 46.5 Å². The van der Waals surface area contributed by atoms with Crippen LogP contribution in [0.2, 0.25) is 0 Å². The number of methoxy groups -OCH3 is 1. The smallest absolute Gasteiger partial charge is 0.337 e. The zero-order chi connectivity index (χ0) is 25.2. The molecule has 1 aliphatic heterocycles. The van der Waals surface area contributed by atoms with E-state index in [1.807, 2.05) is 12.1 Å². The van der Waals surface area contributed by atoms with Gasteiger partial charge >= 0.3 is 5.97 Å². The molecule has 0 saturated carbocycles. The number of carbonyl (C=O) groups is 2. The van der Waals surface area contributed by atoms with Gasteiger partial charge in [0.1, 0.15) is 0 Å². The second kappa shape index (κ2) is 10.4. The summed E-state index contributed by atoms with van der Waals surface area (Å²) in [5.74, 6) is -0.669. The van der Waals surface area contributed by atoms with Crippen LogP contribution in [-0.2, 0) is 33.7 Å². The summed E-state index contributed by atoms with van der Waals surface area (Å²) < 4.78 is 12.2. The van der Waals surface area contributed by atoms with Gasteiger partial charge in [-0.2, -0.15) is 0 Å². The number of anilines is 1. The molecule has 2 aliphatic rings. The van der Waals surface area contributed by atoms with E-state index in [4.69, 9.17) is 14.5 Å². The molecule has 188 valence electrons. The van der Waals surface area contributed by atoms with Crippen molar-refractivity contribution in [2.45, 2.75) is 62.1 Å². The second-order valence-corrected chi connectivity index (χ2v) is 10.6. The molecule has 0 radical (unpaired) electrons. The number of thioether (sulfide) groups is 1. The van der Waals surface area contributed by atoms with Crippen molar-refractivity contribution in [2.24, 2.45) is 0 Å². The number of rotatable bonds is 7. The molecule has 0 spiro atoms. The average molecular weight is 508 g/mol. The Hall–Kier alpha value is -3.17. The Bertz CT molecular complexity index is 1380. The van der Waals surface area contributed by atoms with Gasteiger partial charge in [-0.3, -0.25) is 14.2 Å². The van der Waals surface area contributed by atoms with Crippen molar-refractivity contribution in [1.82, 2.24) is 9.55 Å². The fourth-order valence-electron chi connectivity index (χ4n) is 4.79. The summed E-state index contributed by atoms with van der Waals surface area (Å²) in [5.41, 5.74) is 3.89. The minimum Gasteiger partial charge on any atom is -0.465 e. The fourth-order valence-corrected chi connectivity index (χ4v) is 5.71. The van der Waals surface area contributed by atoms with Gasteiger partial charge in [0, 0.05) is 12.3 Å². The van der Waals surface area contributed by atoms with Crippen molar-refractivity contribution in [3.8, 4) is 0 Å². The molecule has 1 fully saturated rings. The molecule has 0 unspecified atom stereocenters. The first-order valence-corrected chi connectivity index (χ1v) is 13.1. The highest BCUT2D eigenvalue weighted by Gasteiger charge is 2.24. The maximum Gasteiger partial charge on any atom is 0.337 e. The molecule has 9 heteroatoms. The molecule has 1 aromatic heterocycles. The third-order valence-corrected chi connectivity index (χ3v) is 7.86. The summed E-state index contributed by atoms with van der Waals surface area (Å²) in [7, 11) is 1.31. The summed E-state index contributed by atoms with van der Waals surface area (Å²) in [6, 6.07) is 10.8. The van der Waals surface area contributed by atoms with Crippen molar-refractivity contribution in [3.05, 3.63) is 63.4 Å². The van der Waals surface area contributed by atoms with Crippen molar-refractivity contribution in [1.29, 1.82) is 0 Å². The first kappa shape index (κ1) is 24.5. The zero-order valence-corrected chi connectivity index (χ0v) is 21.2. The van der Waals surface area contributed by atoms with Crippen LogP contribution in [0.25, 0.3) is 10.9 Å². The number of hydrogen-bond acceptors (Lipinski definition) is 7. The molecule has 0 bridgehead atoms. The van der Waals surface area contributed by atoms with Gasteiger partial charge in [-0.1, -0.05) is 17.8 Å². The summed E-state index contributed by atoms with van der Waals surface area (Å²) in [6.45, 7) is 2.83. The zero-order valence-electron chi connectivity index (χ0n) is 20.4. The van der Waals surface area contributed by atoms with Crippen LogP contribution < -0.4 is 10.9 Å². The Labute approximate surface area is 213 Å². The summed E-state index contributed by atoms with van der Waals surface area (Å²) in [4.78, 5) is 43.3. The van der Waals surface area contributed by atoms with Crippen LogP contribution in [0, 0.1) is 0 Å². The maximum absolute atomic E-state index is 13.5. The molecule has 8 nitrogen and oxygen atoms in total. The molecule has 2 atom stereocenters. The molecule has 5 rings (SSSR count). The van der Waals surface area contributed by atoms with E-state index in [0.717, 1.165) is 37.8 Å². The lowest BCUT2D eigenvalue weighted by Crippen LogP contribution is -2.30. The topological polar surface area (TPSA) is 99.5 Å². The van der Waals surface area contributed by atoms with Crippen molar-refractivity contribution >= 4 is 40.2 Å². The van der Waals surface area contributed by atoms with E-state index >= 15 is 0 Å². The van der Waals surface area contributed by atoms with E-state index in [9.17, 15) is 14.4 Å². The van der Waals surface area contributed by atoms with E-state index in [1.165, 1.54) is 30.0 Å². The number of ether oxygens (including phenoxy) is 2. The summed E-state index contributed by atoms with van der Waals surface area (Å²) in [5, 5.41) is 3.32. The van der Waals surface area contributed by atoms with E-state index in [2.05, 4.69) is 11.4 Å². The van der Waals surface area contributed by atoms with Crippen LogP contribution in [0.4, 0.5) is 5.69 Å². The number of aryl methyl sites for hydroxylation is 2. The Morgan fingerprint density at radius 3 is 2.81 bits per heavy atom. The molecule has 36 heavy (non-hydrogen) atoms. The standard InChI is InChI=1S/C27H29N3O5S/c1-16(24(31)28-20-10-8-17-5-3-6-18(17)13-20)36-27-29-23-14-19(26(33)34-2)9-11-22(23)25(32)30(27)15-21-7-4-12-35-21/h8-11,13-14,16,21H,3-7,12,15H2,1-2H3,(H,28,31)/t16-,21-/m0/s1. The molecule has 2 aromatic carbocycles. The minimum absolute atomic E-state index is 0.0776. The van der Waals surface area contributed by atoms with E-state index < -0.39 is 11.2 Å². The Balaban J connectivity index is 1.44. The number of fused-ring (bicyclic) bond motifs is 2. The maximum atomic E-state index is 13.5. The first-order valence-electron chi connectivity index (χ1n) is 12.3. The number of aromatic nitrogens is 2. The number of esters is 1. The molecular formula is C27H29N3O5S. The van der Waals surface area contributed by atoms with E-state index in [0.29, 0.717) is 34.8 Å². The van der Waals surface area contributed by atoms with Gasteiger partial charge in [0.05, 0.1) is 41.5 Å². The fraction of sp³-hybridized carbons (Fsp3) is 0.407. The third-order valence-electron chi connectivity index (χ3n) is 6.77. The normalized spacial score (nSPS) is 17.7. The molecule has 1 amide bonds. The average Bonchev–Trinajstić information content (AvgIpc) is 3.57. The first-order chi connectivity index (χ1) is 17.4. The molecular weight excluding hydrogens is 478 g/mol. The van der Waals surface area contributed by atoms with E-state index in [1.54, 1.807) is 29.7 Å². The van der Waals surface area contributed by atoms with Gasteiger partial charge < -0.3 is 14.8 Å². The molecule has 3 aromatic rings. The highest BCUT2D eigenvalue weighted by Crippen LogP contribution is 2.28. The summed E-state index contributed by atoms with van der Waals surface area (Å²) in [6.07, 6.45) is 5.00. The lowest BCUT2D eigenvalue weighted by atomic mass is 10.1. The Kier molecular flexibility index (Phi) is 7.11. The van der Waals surface area contributed by atoms with Crippen molar-refractivity contribution in [3.63, 3.8) is 0 Å². The highest BCUT2D eigenvalue weighted by atomic mass is 32.2. The lowest BCUT2D eigenvalue weighted by Gasteiger charge is -2.19. The van der Waals surface area contributed by atoms with Crippen LogP contribution in [0.15, 0.2) is 46.3 Å². The predicted molar refractivity (Wildman–Crippen MR) is 139 cm³/mol. The van der Waals surface area contributed by atoms with Gasteiger partial charge in [0.2, 0.25) is 5.91 Å². The van der Waals surface area contributed by atoms with Crippen LogP contribution >= 0.6 is 11.8 Å². The highest BCUT2D eigenvalue weighted by molar-refractivity contribution is 8.00. The lowest BCUT2D eigenvalue weighted by molar-refractivity contribution is -0.115. The van der Waals surface area contributed by atoms with Crippen molar-refractivity contribution < 1.29 is 19.1 Å². The van der Waals surface area contributed by atoms with Crippen LogP contribution in [0.5, 0.6) is 0 Å². The predicted octanol–water partition coefficient (Wildman–Crippen LogP) is 3.97. The molecule has 1 saturated heterocycles. The SMILES string of the molecule is COC(=O)c1ccc2c(=O)n(C[C@@H]3CCCO3)c(S[C@@H](C)C(=O)Nc3ccc4c(c3)CCC4)nc2c1. The van der Waals surface area contributed by atoms with Crippen molar-refractivity contribution in [2.75, 3.05) is 19.0 Å². The number of nitrogens with zero attached hydrogens (tertiary/aromatic N) is 2. The minimum atomic E-state index is -0.512. The number of carbonyl (C=O) groups excluding carboxylic acids is 2. The number of amides is 1. The van der Waals surface area contributed by atoms with Crippen LogP contribution in [0.3, 0.4) is 0 Å². The Morgan fingerprint density at radius 2 is 2.03 bits per heavy atom. The van der Waals surface area contributed by atoms with Gasteiger partial charge in [-0.05, 0) is 80.5 Å². The third kappa shape index (κ3) is 5.03. The molecule has 1 N–H and O–H groups in total. The van der Waals surface area contributed by atoms with Gasteiger partial charge in [0.15, 0.2) is 5.16 Å². The number of nitrogens with one attached hydrogen (secondary N) is 1. The molecule has 1 aliphatic carbocycles. The summed E-state index contributed by atoms with van der Waals surface area (Å²) >= 11 is 1.22. The number of hydrogen-bond donors (Lipinski definition) is 1. The quantitative estimate of drug-likeness (QED) is 0.293. The van der Waals surface area contributed by atoms with Gasteiger partial charge in [-0.15, -0.1) is 0 Å². The second-order valence-electron chi connectivity index (χ2n) is 9.26. The van der Waals surface area contributed by atoms with Gasteiger partial charge in [-0.25, -0.2) is 9.78 Å². The number of benzene rings is 2. The largest absolute Gasteiger partial charge is 0.465 e.